The number of pyridine rings is 1. The van der Waals surface area contributed by atoms with Gasteiger partial charge in [-0.3, -0.25) is 4.79 Å². The Morgan fingerprint density at radius 1 is 1.43 bits per heavy atom. The second-order valence-corrected chi connectivity index (χ2v) is 5.59. The minimum atomic E-state index is -0.203. The topological polar surface area (TPSA) is 63.2 Å². The fourth-order valence-corrected chi connectivity index (χ4v) is 2.66. The van der Waals surface area contributed by atoms with Gasteiger partial charge in [0.25, 0.3) is 5.91 Å². The van der Waals surface area contributed by atoms with Gasteiger partial charge in [-0.05, 0) is 18.9 Å². The van der Waals surface area contributed by atoms with Crippen LogP contribution in [-0.2, 0) is 4.74 Å². The summed E-state index contributed by atoms with van der Waals surface area (Å²) in [7, 11) is 1.75. The van der Waals surface area contributed by atoms with Crippen molar-refractivity contribution in [2.24, 2.45) is 0 Å². The molecule has 116 valence electrons. The van der Waals surface area contributed by atoms with Crippen molar-refractivity contribution >= 4 is 23.3 Å². The summed E-state index contributed by atoms with van der Waals surface area (Å²) in [5.41, 5.74) is 0.425. The molecular formula is C15H22ClN3O2. The van der Waals surface area contributed by atoms with E-state index in [2.05, 4.69) is 15.6 Å². The van der Waals surface area contributed by atoms with Crippen LogP contribution >= 0.6 is 11.6 Å². The molecule has 1 heterocycles. The van der Waals surface area contributed by atoms with E-state index in [1.165, 1.54) is 25.5 Å². The number of carbonyl (C=O) groups excluding carboxylic acids is 1. The molecule has 1 amide bonds. The van der Waals surface area contributed by atoms with E-state index in [0.717, 1.165) is 12.8 Å². The Hall–Kier alpha value is -1.33. The SMILES string of the molecule is CNc1cc(C(=O)NCCOC2CCCCC2)c(Cl)cn1. The number of nitrogens with zero attached hydrogens (tertiary/aromatic N) is 1. The summed E-state index contributed by atoms with van der Waals surface area (Å²) in [5, 5.41) is 6.06. The lowest BCUT2D eigenvalue weighted by Crippen LogP contribution is -2.29. The third-order valence-electron chi connectivity index (χ3n) is 3.65. The van der Waals surface area contributed by atoms with Gasteiger partial charge in [0.15, 0.2) is 0 Å². The fraction of sp³-hybridized carbons (Fsp3) is 0.600. The van der Waals surface area contributed by atoms with E-state index in [9.17, 15) is 4.79 Å². The minimum absolute atomic E-state index is 0.203. The summed E-state index contributed by atoms with van der Waals surface area (Å²) in [6.07, 6.45) is 7.90. The molecule has 21 heavy (non-hydrogen) atoms. The van der Waals surface area contributed by atoms with E-state index in [4.69, 9.17) is 16.3 Å². The molecule has 0 unspecified atom stereocenters. The van der Waals surface area contributed by atoms with E-state index in [-0.39, 0.29) is 5.91 Å². The van der Waals surface area contributed by atoms with Crippen molar-refractivity contribution in [2.75, 3.05) is 25.5 Å². The molecule has 1 aliphatic carbocycles. The van der Waals surface area contributed by atoms with E-state index >= 15 is 0 Å². The maximum Gasteiger partial charge on any atom is 0.253 e. The average Bonchev–Trinajstić information content (AvgIpc) is 2.53. The van der Waals surface area contributed by atoms with Crippen molar-refractivity contribution in [3.05, 3.63) is 22.8 Å². The Morgan fingerprint density at radius 2 is 2.19 bits per heavy atom. The second kappa shape index (κ2) is 8.20. The first-order valence-electron chi connectivity index (χ1n) is 7.44. The van der Waals surface area contributed by atoms with Crippen LogP contribution in [0.2, 0.25) is 5.02 Å². The highest BCUT2D eigenvalue weighted by Crippen LogP contribution is 2.20. The number of amides is 1. The van der Waals surface area contributed by atoms with Crippen molar-refractivity contribution in [3.63, 3.8) is 0 Å². The number of rotatable bonds is 6. The van der Waals surface area contributed by atoms with Gasteiger partial charge in [0.1, 0.15) is 5.82 Å². The van der Waals surface area contributed by atoms with Crippen LogP contribution in [0.25, 0.3) is 0 Å². The molecule has 1 saturated carbocycles. The molecule has 0 saturated heterocycles. The summed E-state index contributed by atoms with van der Waals surface area (Å²) in [6, 6.07) is 1.64. The van der Waals surface area contributed by atoms with E-state index in [1.54, 1.807) is 13.1 Å². The van der Waals surface area contributed by atoms with Crippen molar-refractivity contribution in [1.29, 1.82) is 0 Å². The highest BCUT2D eigenvalue weighted by molar-refractivity contribution is 6.33. The maximum atomic E-state index is 12.1. The van der Waals surface area contributed by atoms with Crippen LogP contribution in [0.3, 0.4) is 0 Å². The molecule has 2 N–H and O–H groups in total. The van der Waals surface area contributed by atoms with Crippen LogP contribution in [0, 0.1) is 0 Å². The molecule has 1 aliphatic rings. The zero-order valence-electron chi connectivity index (χ0n) is 12.3. The van der Waals surface area contributed by atoms with Crippen molar-refractivity contribution < 1.29 is 9.53 Å². The van der Waals surface area contributed by atoms with E-state index in [0.29, 0.717) is 35.7 Å². The van der Waals surface area contributed by atoms with Crippen molar-refractivity contribution in [3.8, 4) is 0 Å². The van der Waals surface area contributed by atoms with E-state index < -0.39 is 0 Å². The van der Waals surface area contributed by atoms with Crippen LogP contribution in [0.1, 0.15) is 42.5 Å². The van der Waals surface area contributed by atoms with Crippen molar-refractivity contribution in [1.82, 2.24) is 10.3 Å². The van der Waals surface area contributed by atoms with Gasteiger partial charge >= 0.3 is 0 Å². The average molecular weight is 312 g/mol. The molecule has 2 rings (SSSR count). The van der Waals surface area contributed by atoms with Gasteiger partial charge in [-0.2, -0.15) is 0 Å². The number of aromatic nitrogens is 1. The Kier molecular flexibility index (Phi) is 6.26. The first kappa shape index (κ1) is 16.0. The molecule has 0 aromatic carbocycles. The number of carbonyl (C=O) groups is 1. The Balaban J connectivity index is 1.76. The predicted molar refractivity (Wildman–Crippen MR) is 84.0 cm³/mol. The largest absolute Gasteiger partial charge is 0.376 e. The predicted octanol–water partition coefficient (Wildman–Crippen LogP) is 2.86. The van der Waals surface area contributed by atoms with Gasteiger partial charge < -0.3 is 15.4 Å². The van der Waals surface area contributed by atoms with Gasteiger partial charge in [0, 0.05) is 19.8 Å². The Bertz CT molecular complexity index is 476. The normalized spacial score (nSPS) is 15.7. The lowest BCUT2D eigenvalue weighted by Gasteiger charge is -2.22. The highest BCUT2D eigenvalue weighted by Gasteiger charge is 2.14. The first-order chi connectivity index (χ1) is 10.2. The minimum Gasteiger partial charge on any atom is -0.376 e. The standard InChI is InChI=1S/C15H22ClN3O2/c1-17-14-9-12(13(16)10-19-14)15(20)18-7-8-21-11-5-3-2-4-6-11/h9-11H,2-8H2,1H3,(H,17,19)(H,18,20). The molecule has 0 aliphatic heterocycles. The summed E-state index contributed by atoms with van der Waals surface area (Å²) < 4.78 is 5.77. The Morgan fingerprint density at radius 3 is 2.90 bits per heavy atom. The zero-order valence-corrected chi connectivity index (χ0v) is 13.1. The fourth-order valence-electron chi connectivity index (χ4n) is 2.47. The third-order valence-corrected chi connectivity index (χ3v) is 3.95. The molecular weight excluding hydrogens is 290 g/mol. The van der Waals surface area contributed by atoms with Crippen LogP contribution in [-0.4, -0.2) is 37.2 Å². The summed E-state index contributed by atoms with van der Waals surface area (Å²) in [4.78, 5) is 16.1. The van der Waals surface area contributed by atoms with Crippen molar-refractivity contribution in [2.45, 2.75) is 38.2 Å². The molecule has 1 aromatic heterocycles. The zero-order chi connectivity index (χ0) is 15.1. The summed E-state index contributed by atoms with van der Waals surface area (Å²) >= 11 is 6.00. The molecule has 0 bridgehead atoms. The number of hydrogen-bond acceptors (Lipinski definition) is 4. The van der Waals surface area contributed by atoms with Gasteiger partial charge in [-0.1, -0.05) is 30.9 Å². The van der Waals surface area contributed by atoms with Crippen LogP contribution in [0.15, 0.2) is 12.3 Å². The first-order valence-corrected chi connectivity index (χ1v) is 7.81. The smallest absolute Gasteiger partial charge is 0.253 e. The number of nitrogens with one attached hydrogen (secondary N) is 2. The third kappa shape index (κ3) is 4.86. The van der Waals surface area contributed by atoms with Gasteiger partial charge in [-0.15, -0.1) is 0 Å². The second-order valence-electron chi connectivity index (χ2n) is 5.19. The highest BCUT2D eigenvalue weighted by atomic mass is 35.5. The summed E-state index contributed by atoms with van der Waals surface area (Å²) in [5.74, 6) is 0.411. The molecule has 0 spiro atoms. The molecule has 1 fully saturated rings. The van der Waals surface area contributed by atoms with Crippen LogP contribution < -0.4 is 10.6 Å². The quantitative estimate of drug-likeness (QED) is 0.793. The lowest BCUT2D eigenvalue weighted by atomic mass is 9.98. The van der Waals surface area contributed by atoms with Crippen LogP contribution in [0.4, 0.5) is 5.82 Å². The molecule has 0 radical (unpaired) electrons. The molecule has 6 heteroatoms. The number of ether oxygens (including phenoxy) is 1. The van der Waals surface area contributed by atoms with Crippen LogP contribution in [0.5, 0.6) is 0 Å². The summed E-state index contributed by atoms with van der Waals surface area (Å²) in [6.45, 7) is 1.03. The molecule has 1 aromatic rings. The van der Waals surface area contributed by atoms with Gasteiger partial charge in [0.2, 0.25) is 0 Å². The Labute approximate surface area is 130 Å². The van der Waals surface area contributed by atoms with Gasteiger partial charge in [0.05, 0.1) is 23.3 Å². The maximum absolute atomic E-state index is 12.1. The number of hydrogen-bond donors (Lipinski definition) is 2. The monoisotopic (exact) mass is 311 g/mol. The number of anilines is 1. The lowest BCUT2D eigenvalue weighted by molar-refractivity contribution is 0.0299. The number of halogens is 1. The molecule has 5 nitrogen and oxygen atoms in total. The van der Waals surface area contributed by atoms with Gasteiger partial charge in [-0.25, -0.2) is 4.98 Å². The molecule has 0 atom stereocenters. The van der Waals surface area contributed by atoms with E-state index in [1.807, 2.05) is 0 Å².